The SMILES string of the molecule is Cl[SiH2]C1C=CC=C1. The van der Waals surface area contributed by atoms with Gasteiger partial charge >= 0.3 is 0 Å². The van der Waals surface area contributed by atoms with Gasteiger partial charge < -0.3 is 0 Å². The van der Waals surface area contributed by atoms with E-state index in [2.05, 4.69) is 24.3 Å². The molecule has 0 amide bonds. The Morgan fingerprint density at radius 2 is 1.86 bits per heavy atom. The molecule has 2 heteroatoms. The molecule has 0 atom stereocenters. The van der Waals surface area contributed by atoms with Crippen molar-refractivity contribution in [3.63, 3.8) is 0 Å². The molecule has 0 saturated heterocycles. The number of allylic oxidation sites excluding steroid dienone is 4. The van der Waals surface area contributed by atoms with Crippen LogP contribution in [0.25, 0.3) is 0 Å². The molecule has 0 N–H and O–H groups in total. The van der Waals surface area contributed by atoms with E-state index in [1.807, 2.05) is 0 Å². The van der Waals surface area contributed by atoms with Gasteiger partial charge in [-0.1, -0.05) is 24.3 Å². The molecule has 0 aliphatic heterocycles. The maximum Gasteiger partial charge on any atom is 0.135 e. The average Bonchev–Trinajstić information content (AvgIpc) is 2.14. The molecule has 0 aromatic carbocycles. The fourth-order valence-corrected chi connectivity index (χ4v) is 1.72. The van der Waals surface area contributed by atoms with Gasteiger partial charge in [-0.05, 0) is 5.54 Å². The van der Waals surface area contributed by atoms with Gasteiger partial charge in [0.2, 0.25) is 0 Å². The zero-order valence-corrected chi connectivity index (χ0v) is 6.14. The van der Waals surface area contributed by atoms with Gasteiger partial charge in [-0.3, -0.25) is 0 Å². The van der Waals surface area contributed by atoms with E-state index in [0.717, 1.165) is 0 Å². The lowest BCUT2D eigenvalue weighted by atomic mass is 10.5. The Kier molecular flexibility index (Phi) is 1.71. The summed E-state index contributed by atoms with van der Waals surface area (Å²) in [5.41, 5.74) is 0.640. The maximum atomic E-state index is 5.64. The number of hydrogen-bond acceptors (Lipinski definition) is 0. The summed E-state index contributed by atoms with van der Waals surface area (Å²) in [6, 6.07) is 0. The van der Waals surface area contributed by atoms with Crippen LogP contribution in [0.5, 0.6) is 0 Å². The Bertz CT molecular complexity index is 94.6. The van der Waals surface area contributed by atoms with Crippen molar-refractivity contribution >= 4 is 19.9 Å². The smallest absolute Gasteiger partial charge is 0.135 e. The van der Waals surface area contributed by atoms with Gasteiger partial charge in [-0.2, -0.15) is 11.1 Å². The minimum atomic E-state index is -0.311. The van der Waals surface area contributed by atoms with Crippen molar-refractivity contribution in [3.05, 3.63) is 24.3 Å². The topological polar surface area (TPSA) is 0 Å². The molecule has 0 fully saturated rings. The third-order valence-corrected chi connectivity index (χ3v) is 2.98. The van der Waals surface area contributed by atoms with Gasteiger partial charge in [0.15, 0.2) is 0 Å². The van der Waals surface area contributed by atoms with Gasteiger partial charge in [0.1, 0.15) is 8.83 Å². The first-order chi connectivity index (χ1) is 3.43. The molecular formula is C5H7ClSi. The van der Waals surface area contributed by atoms with Crippen molar-refractivity contribution in [2.45, 2.75) is 5.54 Å². The largest absolute Gasteiger partial charge is 0.175 e. The zero-order chi connectivity index (χ0) is 5.11. The number of halogens is 1. The fraction of sp³-hybridized carbons (Fsp3) is 0.200. The van der Waals surface area contributed by atoms with Crippen molar-refractivity contribution in [1.82, 2.24) is 0 Å². The maximum absolute atomic E-state index is 5.64. The summed E-state index contributed by atoms with van der Waals surface area (Å²) in [5, 5.41) is 0. The molecule has 0 heterocycles. The fourth-order valence-electron chi connectivity index (χ4n) is 0.581. The van der Waals surface area contributed by atoms with Crippen LogP contribution >= 0.6 is 11.1 Å². The van der Waals surface area contributed by atoms with Crippen LogP contribution < -0.4 is 0 Å². The molecule has 38 valence electrons. The van der Waals surface area contributed by atoms with Crippen molar-refractivity contribution < 1.29 is 0 Å². The Morgan fingerprint density at radius 3 is 2.14 bits per heavy atom. The third kappa shape index (κ3) is 1.18. The highest BCUT2D eigenvalue weighted by atomic mass is 35.6. The summed E-state index contributed by atoms with van der Waals surface area (Å²) in [5.74, 6) is 0. The normalized spacial score (nSPS) is 20.7. The molecule has 0 aromatic rings. The first-order valence-electron chi connectivity index (χ1n) is 2.34. The Balaban J connectivity index is 2.44. The quantitative estimate of drug-likeness (QED) is 0.370. The lowest BCUT2D eigenvalue weighted by molar-refractivity contribution is 1.42. The number of rotatable bonds is 1. The Morgan fingerprint density at radius 1 is 1.29 bits per heavy atom. The van der Waals surface area contributed by atoms with Crippen LogP contribution in [0.15, 0.2) is 24.3 Å². The van der Waals surface area contributed by atoms with Gasteiger partial charge in [-0.15, -0.1) is 0 Å². The summed E-state index contributed by atoms with van der Waals surface area (Å²) in [6.07, 6.45) is 8.42. The van der Waals surface area contributed by atoms with E-state index in [1.165, 1.54) is 0 Å². The van der Waals surface area contributed by atoms with E-state index in [-0.39, 0.29) is 8.83 Å². The highest BCUT2D eigenvalue weighted by Gasteiger charge is 1.99. The molecule has 7 heavy (non-hydrogen) atoms. The van der Waals surface area contributed by atoms with Gasteiger partial charge in [-0.25, -0.2) is 0 Å². The highest BCUT2D eigenvalue weighted by molar-refractivity contribution is 6.95. The molecule has 0 nitrogen and oxygen atoms in total. The lowest BCUT2D eigenvalue weighted by Gasteiger charge is -1.90. The average molecular weight is 131 g/mol. The summed E-state index contributed by atoms with van der Waals surface area (Å²) in [7, 11) is -0.311. The van der Waals surface area contributed by atoms with E-state index in [1.54, 1.807) is 0 Å². The second-order valence-corrected chi connectivity index (χ2v) is 3.77. The van der Waals surface area contributed by atoms with Crippen LogP contribution in [0.2, 0.25) is 5.54 Å². The molecule has 1 aliphatic carbocycles. The van der Waals surface area contributed by atoms with E-state index >= 15 is 0 Å². The first-order valence-corrected chi connectivity index (χ1v) is 5.30. The molecular weight excluding hydrogens is 124 g/mol. The van der Waals surface area contributed by atoms with Gasteiger partial charge in [0.05, 0.1) is 0 Å². The predicted octanol–water partition coefficient (Wildman–Crippen LogP) is 1.22. The second-order valence-electron chi connectivity index (χ2n) is 1.59. The predicted molar refractivity (Wildman–Crippen MR) is 36.4 cm³/mol. The Labute approximate surface area is 50.4 Å². The van der Waals surface area contributed by atoms with Crippen LogP contribution in [-0.2, 0) is 0 Å². The van der Waals surface area contributed by atoms with Crippen molar-refractivity contribution in [2.24, 2.45) is 0 Å². The first kappa shape index (κ1) is 5.13. The Hall–Kier alpha value is -0.0131. The van der Waals surface area contributed by atoms with Crippen LogP contribution in [0.4, 0.5) is 0 Å². The van der Waals surface area contributed by atoms with Gasteiger partial charge in [0.25, 0.3) is 0 Å². The second kappa shape index (κ2) is 2.33. The van der Waals surface area contributed by atoms with Crippen LogP contribution in [0.1, 0.15) is 0 Å². The molecule has 1 rings (SSSR count). The molecule has 1 aliphatic rings. The summed E-state index contributed by atoms with van der Waals surface area (Å²) >= 11 is 5.64. The lowest BCUT2D eigenvalue weighted by Crippen LogP contribution is -1.83. The summed E-state index contributed by atoms with van der Waals surface area (Å²) in [4.78, 5) is 0. The van der Waals surface area contributed by atoms with Crippen molar-refractivity contribution in [1.29, 1.82) is 0 Å². The van der Waals surface area contributed by atoms with Crippen molar-refractivity contribution in [2.75, 3.05) is 0 Å². The molecule has 0 unspecified atom stereocenters. The van der Waals surface area contributed by atoms with E-state index < -0.39 is 0 Å². The van der Waals surface area contributed by atoms with Crippen LogP contribution in [0.3, 0.4) is 0 Å². The minimum absolute atomic E-state index is 0.311. The van der Waals surface area contributed by atoms with E-state index in [9.17, 15) is 0 Å². The van der Waals surface area contributed by atoms with Crippen molar-refractivity contribution in [3.8, 4) is 0 Å². The minimum Gasteiger partial charge on any atom is -0.175 e. The van der Waals surface area contributed by atoms with E-state index in [0.29, 0.717) is 5.54 Å². The standard InChI is InChI=1S/C5H7ClSi/c6-7-5-3-1-2-4-5/h1-5H,7H2. The summed E-state index contributed by atoms with van der Waals surface area (Å²) in [6.45, 7) is 0. The third-order valence-electron chi connectivity index (χ3n) is 1.01. The van der Waals surface area contributed by atoms with Gasteiger partial charge in [0, 0.05) is 0 Å². The highest BCUT2D eigenvalue weighted by Crippen LogP contribution is 2.13. The van der Waals surface area contributed by atoms with E-state index in [4.69, 9.17) is 11.1 Å². The zero-order valence-electron chi connectivity index (χ0n) is 3.97. The van der Waals surface area contributed by atoms with Crippen LogP contribution in [-0.4, -0.2) is 8.83 Å². The molecule has 0 spiro atoms. The molecule has 0 saturated carbocycles. The van der Waals surface area contributed by atoms with Crippen LogP contribution in [0, 0.1) is 0 Å². The monoisotopic (exact) mass is 130 g/mol. The number of hydrogen-bond donors (Lipinski definition) is 0. The molecule has 0 bridgehead atoms. The summed E-state index contributed by atoms with van der Waals surface area (Å²) < 4.78 is 0. The molecule has 0 radical (unpaired) electrons. The molecule has 0 aromatic heterocycles.